The molecule has 2 unspecified atom stereocenters. The Hall–Kier alpha value is -1.81. The van der Waals surface area contributed by atoms with Crippen LogP contribution in [0.1, 0.15) is 56.5 Å². The van der Waals surface area contributed by atoms with Gasteiger partial charge in [0.2, 0.25) is 5.89 Å². The minimum absolute atomic E-state index is 0.0608. The van der Waals surface area contributed by atoms with Gasteiger partial charge < -0.3 is 9.15 Å². The van der Waals surface area contributed by atoms with Crippen molar-refractivity contribution in [2.75, 3.05) is 0 Å². The third-order valence-electron chi connectivity index (χ3n) is 3.84. The molecule has 0 saturated carbocycles. The Balaban J connectivity index is 1.84. The van der Waals surface area contributed by atoms with Crippen LogP contribution in [-0.2, 0) is 0 Å². The second kappa shape index (κ2) is 5.19. The van der Waals surface area contributed by atoms with Gasteiger partial charge in [0.15, 0.2) is 0 Å². The minimum atomic E-state index is -0.182. The Labute approximate surface area is 125 Å². The predicted octanol–water partition coefficient (Wildman–Crippen LogP) is 3.94. The number of rotatable bonds is 3. The number of benzene rings is 1. The second-order valence-electron chi connectivity index (χ2n) is 6.35. The maximum atomic E-state index is 6.06. The number of hydrogen-bond donors (Lipinski definition) is 1. The van der Waals surface area contributed by atoms with E-state index in [-0.39, 0.29) is 17.7 Å². The third-order valence-corrected chi connectivity index (χ3v) is 3.84. The molecule has 2 aromatic rings. The molecule has 1 aliphatic heterocycles. The Morgan fingerprint density at radius 2 is 2.10 bits per heavy atom. The number of aromatic nitrogens is 1. The smallest absolute Gasteiger partial charge is 0.211 e. The molecular weight excluding hydrogens is 264 g/mol. The summed E-state index contributed by atoms with van der Waals surface area (Å²) in [5, 5.41) is 3.62. The fourth-order valence-corrected chi connectivity index (χ4v) is 2.90. The minimum Gasteiger partial charge on any atom is -0.487 e. The van der Waals surface area contributed by atoms with Crippen LogP contribution in [0.2, 0.25) is 0 Å². The van der Waals surface area contributed by atoms with Gasteiger partial charge in [0.25, 0.3) is 0 Å². The molecule has 4 heteroatoms. The van der Waals surface area contributed by atoms with Crippen molar-refractivity contribution >= 4 is 0 Å². The topological polar surface area (TPSA) is 47.3 Å². The molecule has 0 spiro atoms. The van der Waals surface area contributed by atoms with Gasteiger partial charge in [-0.15, -0.1) is 0 Å². The highest BCUT2D eigenvalue weighted by molar-refractivity contribution is 5.38. The lowest BCUT2D eigenvalue weighted by molar-refractivity contribution is 0.0632. The number of nitrogens with zero attached hydrogens (tertiary/aromatic N) is 1. The summed E-state index contributed by atoms with van der Waals surface area (Å²) in [6.07, 6.45) is 2.67. The van der Waals surface area contributed by atoms with Crippen LogP contribution >= 0.6 is 0 Å². The molecule has 3 rings (SSSR count). The van der Waals surface area contributed by atoms with E-state index < -0.39 is 0 Å². The first-order valence-electron chi connectivity index (χ1n) is 7.41. The van der Waals surface area contributed by atoms with E-state index in [9.17, 15) is 0 Å². The summed E-state index contributed by atoms with van der Waals surface area (Å²) in [7, 11) is 0. The van der Waals surface area contributed by atoms with Crippen molar-refractivity contribution < 1.29 is 9.15 Å². The molecule has 2 heterocycles. The summed E-state index contributed by atoms with van der Waals surface area (Å²) in [6.45, 7) is 8.24. The Morgan fingerprint density at radius 3 is 2.81 bits per heavy atom. The van der Waals surface area contributed by atoms with Crippen LogP contribution < -0.4 is 10.1 Å². The van der Waals surface area contributed by atoms with Crippen molar-refractivity contribution in [1.82, 2.24) is 10.3 Å². The highest BCUT2D eigenvalue weighted by atomic mass is 16.5. The van der Waals surface area contributed by atoms with E-state index in [2.05, 4.69) is 43.2 Å². The molecular formula is C17H22N2O2. The summed E-state index contributed by atoms with van der Waals surface area (Å²) in [5.74, 6) is 2.53. The maximum Gasteiger partial charge on any atom is 0.211 e. The predicted molar refractivity (Wildman–Crippen MR) is 81.3 cm³/mol. The molecule has 2 atom stereocenters. The first kappa shape index (κ1) is 14.1. The lowest BCUT2D eigenvalue weighted by atomic mass is 9.89. The van der Waals surface area contributed by atoms with Crippen molar-refractivity contribution in [3.63, 3.8) is 0 Å². The van der Waals surface area contributed by atoms with Gasteiger partial charge >= 0.3 is 0 Å². The summed E-state index contributed by atoms with van der Waals surface area (Å²) in [5.41, 5.74) is 1.02. The largest absolute Gasteiger partial charge is 0.487 e. The zero-order valence-electron chi connectivity index (χ0n) is 13.0. The zero-order chi connectivity index (χ0) is 15.0. The van der Waals surface area contributed by atoms with E-state index in [1.165, 1.54) is 5.56 Å². The van der Waals surface area contributed by atoms with Crippen LogP contribution in [0.15, 0.2) is 34.9 Å². The molecule has 1 N–H and O–H groups in total. The molecule has 1 aromatic heterocycles. The van der Waals surface area contributed by atoms with Gasteiger partial charge in [-0.1, -0.05) is 18.2 Å². The fourth-order valence-electron chi connectivity index (χ4n) is 2.90. The van der Waals surface area contributed by atoms with E-state index in [1.807, 2.05) is 19.1 Å². The van der Waals surface area contributed by atoms with Gasteiger partial charge in [-0.25, -0.2) is 4.98 Å². The SMILES string of the molecule is Cc1cnc(C(C)NC2CC(C)(C)Oc3ccccc32)o1. The van der Waals surface area contributed by atoms with Crippen molar-refractivity contribution in [3.8, 4) is 5.75 Å². The summed E-state index contributed by atoms with van der Waals surface area (Å²) in [6, 6.07) is 8.51. The Morgan fingerprint density at radius 1 is 1.33 bits per heavy atom. The van der Waals surface area contributed by atoms with Crippen LogP contribution in [-0.4, -0.2) is 10.6 Å². The second-order valence-corrected chi connectivity index (χ2v) is 6.35. The van der Waals surface area contributed by atoms with Crippen LogP contribution in [0.4, 0.5) is 0 Å². The van der Waals surface area contributed by atoms with Crippen LogP contribution in [0.5, 0.6) is 5.75 Å². The molecule has 0 fully saturated rings. The number of aryl methyl sites for hydroxylation is 1. The van der Waals surface area contributed by atoms with E-state index >= 15 is 0 Å². The normalized spacial score (nSPS) is 21.4. The van der Waals surface area contributed by atoms with Crippen molar-refractivity contribution in [2.45, 2.75) is 51.8 Å². The molecule has 0 radical (unpaired) electrons. The number of hydrogen-bond acceptors (Lipinski definition) is 4. The maximum absolute atomic E-state index is 6.06. The van der Waals surface area contributed by atoms with E-state index in [0.29, 0.717) is 0 Å². The third kappa shape index (κ3) is 2.95. The highest BCUT2D eigenvalue weighted by Crippen LogP contribution is 2.40. The summed E-state index contributed by atoms with van der Waals surface area (Å²) in [4.78, 5) is 4.31. The molecule has 0 aliphatic carbocycles. The summed E-state index contributed by atoms with van der Waals surface area (Å²) >= 11 is 0. The number of oxazole rings is 1. The monoisotopic (exact) mass is 286 g/mol. The molecule has 21 heavy (non-hydrogen) atoms. The van der Waals surface area contributed by atoms with Gasteiger partial charge in [0.1, 0.15) is 17.1 Å². The lowest BCUT2D eigenvalue weighted by Gasteiger charge is -2.38. The number of fused-ring (bicyclic) bond motifs is 1. The quantitative estimate of drug-likeness (QED) is 0.928. The molecule has 112 valence electrons. The van der Waals surface area contributed by atoms with Crippen molar-refractivity contribution in [2.24, 2.45) is 0 Å². The highest BCUT2D eigenvalue weighted by Gasteiger charge is 2.34. The van der Waals surface area contributed by atoms with Crippen molar-refractivity contribution in [1.29, 1.82) is 0 Å². The average Bonchev–Trinajstić information content (AvgIpc) is 2.84. The molecule has 4 nitrogen and oxygen atoms in total. The standard InChI is InChI=1S/C17H22N2O2/c1-11-10-18-16(20-11)12(2)19-14-9-17(3,4)21-15-8-6-5-7-13(14)15/h5-8,10,12,14,19H,9H2,1-4H3. The number of para-hydroxylation sites is 1. The summed E-state index contributed by atoms with van der Waals surface area (Å²) < 4.78 is 11.7. The molecule has 0 saturated heterocycles. The van der Waals surface area contributed by atoms with Crippen LogP contribution in [0.3, 0.4) is 0 Å². The van der Waals surface area contributed by atoms with Gasteiger partial charge in [-0.05, 0) is 33.8 Å². The van der Waals surface area contributed by atoms with E-state index in [4.69, 9.17) is 9.15 Å². The molecule has 1 aliphatic rings. The Bertz CT molecular complexity index is 633. The first-order valence-corrected chi connectivity index (χ1v) is 7.41. The van der Waals surface area contributed by atoms with Crippen LogP contribution in [0, 0.1) is 6.92 Å². The number of ether oxygens (including phenoxy) is 1. The van der Waals surface area contributed by atoms with Gasteiger partial charge in [0.05, 0.1) is 12.2 Å². The number of nitrogens with one attached hydrogen (secondary N) is 1. The van der Waals surface area contributed by atoms with Gasteiger partial charge in [-0.3, -0.25) is 5.32 Å². The molecule has 0 amide bonds. The van der Waals surface area contributed by atoms with E-state index in [1.54, 1.807) is 6.20 Å². The van der Waals surface area contributed by atoms with Gasteiger partial charge in [0, 0.05) is 18.0 Å². The first-order chi connectivity index (χ1) is 9.94. The lowest BCUT2D eigenvalue weighted by Crippen LogP contribution is -2.40. The fraction of sp³-hybridized carbons (Fsp3) is 0.471. The molecule has 0 bridgehead atoms. The Kier molecular flexibility index (Phi) is 3.49. The average molecular weight is 286 g/mol. The van der Waals surface area contributed by atoms with E-state index in [0.717, 1.165) is 23.8 Å². The van der Waals surface area contributed by atoms with Crippen LogP contribution in [0.25, 0.3) is 0 Å². The van der Waals surface area contributed by atoms with Gasteiger partial charge in [-0.2, -0.15) is 0 Å². The zero-order valence-corrected chi connectivity index (χ0v) is 13.0. The molecule has 1 aromatic carbocycles. The van der Waals surface area contributed by atoms with Crippen molar-refractivity contribution in [3.05, 3.63) is 47.7 Å².